The number of carbonyl (C=O) groups is 1. The van der Waals surface area contributed by atoms with Crippen LogP contribution in [-0.2, 0) is 4.74 Å². The maximum atomic E-state index is 12.4. The van der Waals surface area contributed by atoms with E-state index in [1.807, 2.05) is 0 Å². The number of benzene rings is 1. The minimum atomic E-state index is -0.647. The molecule has 1 aromatic carbocycles. The summed E-state index contributed by atoms with van der Waals surface area (Å²) in [5.74, 6) is 7.15. The van der Waals surface area contributed by atoms with Crippen molar-refractivity contribution in [3.05, 3.63) is 29.2 Å². The van der Waals surface area contributed by atoms with Crippen LogP contribution in [0.15, 0.2) is 29.4 Å². The highest BCUT2D eigenvalue weighted by Crippen LogP contribution is 2.36. The zero-order valence-corrected chi connectivity index (χ0v) is 13.9. The van der Waals surface area contributed by atoms with Gasteiger partial charge < -0.3 is 4.74 Å². The molecule has 126 valence electrons. The van der Waals surface area contributed by atoms with Crippen LogP contribution in [0.25, 0.3) is 0 Å². The molecule has 1 saturated carbocycles. The highest BCUT2D eigenvalue weighted by molar-refractivity contribution is 5.90. The molecule has 3 unspecified atom stereocenters. The van der Waals surface area contributed by atoms with Crippen LogP contribution in [0.4, 0.5) is 16.2 Å². The number of rotatable bonds is 4. The van der Waals surface area contributed by atoms with Crippen LogP contribution in [0.5, 0.6) is 0 Å². The van der Waals surface area contributed by atoms with Crippen molar-refractivity contribution in [2.24, 2.45) is 28.8 Å². The Morgan fingerprint density at radius 3 is 2.70 bits per heavy atom. The van der Waals surface area contributed by atoms with E-state index in [4.69, 9.17) is 10.6 Å². The maximum Gasteiger partial charge on any atom is 0.429 e. The Labute approximate surface area is 136 Å². The van der Waals surface area contributed by atoms with Crippen LogP contribution in [0.1, 0.15) is 40.0 Å². The van der Waals surface area contributed by atoms with E-state index in [-0.39, 0.29) is 17.5 Å². The van der Waals surface area contributed by atoms with Crippen molar-refractivity contribution in [1.29, 1.82) is 0 Å². The fraction of sp³-hybridized carbons (Fsp3) is 0.588. The maximum absolute atomic E-state index is 12.4. The number of amides is 1. The second-order valence-corrected chi connectivity index (χ2v) is 6.70. The molecule has 0 aliphatic heterocycles. The minimum absolute atomic E-state index is 0.115. The average molecular weight is 319 g/mol. The van der Waals surface area contributed by atoms with E-state index in [9.17, 15) is 9.70 Å². The summed E-state index contributed by atoms with van der Waals surface area (Å²) in [6, 6.07) is 6.43. The van der Waals surface area contributed by atoms with E-state index in [2.05, 4.69) is 25.9 Å². The Balaban J connectivity index is 2.11. The number of hydrogen-bond donors (Lipinski definition) is 1. The fourth-order valence-corrected chi connectivity index (χ4v) is 3.28. The van der Waals surface area contributed by atoms with Crippen molar-refractivity contribution in [1.82, 2.24) is 0 Å². The van der Waals surface area contributed by atoms with Gasteiger partial charge in [0.15, 0.2) is 0 Å². The minimum Gasteiger partial charge on any atom is -0.445 e. The van der Waals surface area contributed by atoms with Crippen LogP contribution in [-0.4, -0.2) is 12.2 Å². The van der Waals surface area contributed by atoms with Gasteiger partial charge in [-0.05, 0) is 47.9 Å². The van der Waals surface area contributed by atoms with Crippen molar-refractivity contribution in [2.45, 2.75) is 46.1 Å². The Morgan fingerprint density at radius 1 is 1.35 bits per heavy atom. The molecule has 0 aromatic heterocycles. The van der Waals surface area contributed by atoms with Gasteiger partial charge in [0.2, 0.25) is 0 Å². The van der Waals surface area contributed by atoms with Crippen LogP contribution in [0, 0.1) is 22.7 Å². The SMILES string of the molecule is CC1CCC(C(C)C)C(OC(=O)N(N)c2ccccc2N=O)C1. The lowest BCUT2D eigenvalue weighted by Gasteiger charge is -2.37. The number of nitrogens with zero attached hydrogens (tertiary/aromatic N) is 2. The lowest BCUT2D eigenvalue weighted by atomic mass is 9.75. The quantitative estimate of drug-likeness (QED) is 0.386. The van der Waals surface area contributed by atoms with E-state index < -0.39 is 6.09 Å². The van der Waals surface area contributed by atoms with Crippen molar-refractivity contribution < 1.29 is 9.53 Å². The Kier molecular flexibility index (Phi) is 5.71. The zero-order chi connectivity index (χ0) is 17.0. The first kappa shape index (κ1) is 17.4. The van der Waals surface area contributed by atoms with E-state index in [1.54, 1.807) is 18.2 Å². The van der Waals surface area contributed by atoms with Gasteiger partial charge in [0.05, 0.1) is 5.69 Å². The summed E-state index contributed by atoms with van der Waals surface area (Å²) in [5.41, 5.74) is 0.363. The number of ether oxygens (including phenoxy) is 1. The predicted molar refractivity (Wildman–Crippen MR) is 90.2 cm³/mol. The summed E-state index contributed by atoms with van der Waals surface area (Å²) >= 11 is 0. The van der Waals surface area contributed by atoms with Gasteiger partial charge >= 0.3 is 6.09 Å². The molecule has 0 spiro atoms. The molecule has 0 saturated heterocycles. The average Bonchev–Trinajstić information content (AvgIpc) is 2.53. The number of nitroso groups, excluding NO2 is 1. The van der Waals surface area contributed by atoms with E-state index >= 15 is 0 Å². The first-order valence-electron chi connectivity index (χ1n) is 8.11. The van der Waals surface area contributed by atoms with Crippen LogP contribution < -0.4 is 10.9 Å². The van der Waals surface area contributed by atoms with Crippen molar-refractivity contribution in [3.63, 3.8) is 0 Å². The number of para-hydroxylation sites is 1. The van der Waals surface area contributed by atoms with Gasteiger partial charge in [-0.25, -0.2) is 15.6 Å². The Morgan fingerprint density at radius 2 is 2.04 bits per heavy atom. The number of hydrogen-bond acceptors (Lipinski definition) is 5. The molecule has 0 radical (unpaired) electrons. The van der Waals surface area contributed by atoms with Crippen molar-refractivity contribution in [3.8, 4) is 0 Å². The van der Waals surface area contributed by atoms with Gasteiger partial charge in [0, 0.05) is 0 Å². The molecule has 23 heavy (non-hydrogen) atoms. The lowest BCUT2D eigenvalue weighted by molar-refractivity contribution is 0.00937. The lowest BCUT2D eigenvalue weighted by Crippen LogP contribution is -2.43. The second-order valence-electron chi connectivity index (χ2n) is 6.70. The molecule has 1 aromatic rings. The number of carbonyl (C=O) groups excluding carboxylic acids is 1. The smallest absolute Gasteiger partial charge is 0.429 e. The summed E-state index contributed by atoms with van der Waals surface area (Å²) < 4.78 is 5.67. The molecule has 1 aliphatic carbocycles. The van der Waals surface area contributed by atoms with Gasteiger partial charge in [0.1, 0.15) is 11.8 Å². The molecule has 2 rings (SSSR count). The highest BCUT2D eigenvalue weighted by atomic mass is 16.6. The van der Waals surface area contributed by atoms with Gasteiger partial charge in [-0.1, -0.05) is 39.3 Å². The molecule has 6 heteroatoms. The molecular weight excluding hydrogens is 294 g/mol. The summed E-state index contributed by atoms with van der Waals surface area (Å²) in [7, 11) is 0. The first-order valence-corrected chi connectivity index (χ1v) is 8.11. The second kappa shape index (κ2) is 7.55. The predicted octanol–water partition coefficient (Wildman–Crippen LogP) is 4.36. The third-order valence-corrected chi connectivity index (χ3v) is 4.65. The molecular formula is C17H25N3O3. The number of anilines is 1. The topological polar surface area (TPSA) is 85.0 Å². The molecule has 1 fully saturated rings. The van der Waals surface area contributed by atoms with Crippen LogP contribution in [0.3, 0.4) is 0 Å². The highest BCUT2D eigenvalue weighted by Gasteiger charge is 2.34. The van der Waals surface area contributed by atoms with E-state index in [0.29, 0.717) is 17.8 Å². The normalized spacial score (nSPS) is 24.3. The summed E-state index contributed by atoms with van der Waals surface area (Å²) in [6.07, 6.45) is 2.25. The molecule has 1 amide bonds. The summed E-state index contributed by atoms with van der Waals surface area (Å²) in [6.45, 7) is 6.46. The number of nitrogens with two attached hydrogens (primary N) is 1. The molecule has 0 heterocycles. The Bertz CT molecular complexity index is 562. The van der Waals surface area contributed by atoms with Crippen molar-refractivity contribution in [2.75, 3.05) is 5.01 Å². The molecule has 2 N–H and O–H groups in total. The summed E-state index contributed by atoms with van der Waals surface area (Å²) in [4.78, 5) is 23.2. The van der Waals surface area contributed by atoms with E-state index in [0.717, 1.165) is 24.3 Å². The molecule has 0 bridgehead atoms. The van der Waals surface area contributed by atoms with Crippen molar-refractivity contribution >= 4 is 17.5 Å². The van der Waals surface area contributed by atoms with E-state index in [1.165, 1.54) is 6.07 Å². The van der Waals surface area contributed by atoms with Gasteiger partial charge in [0.25, 0.3) is 0 Å². The molecule has 1 aliphatic rings. The number of hydrazine groups is 1. The molecule has 3 atom stereocenters. The third kappa shape index (κ3) is 4.07. The van der Waals surface area contributed by atoms with Crippen LogP contribution in [0.2, 0.25) is 0 Å². The first-order chi connectivity index (χ1) is 10.9. The molecule has 6 nitrogen and oxygen atoms in total. The third-order valence-electron chi connectivity index (χ3n) is 4.65. The zero-order valence-electron chi connectivity index (χ0n) is 13.9. The van der Waals surface area contributed by atoms with Crippen LogP contribution >= 0.6 is 0 Å². The standard InChI is InChI=1S/C17H25N3O3/c1-11(2)13-9-8-12(3)10-16(13)23-17(21)20(18)15-7-5-4-6-14(15)19-22/h4-7,11-13,16H,8-10,18H2,1-3H3. The monoisotopic (exact) mass is 319 g/mol. The van der Waals surface area contributed by atoms with Gasteiger partial charge in [-0.15, -0.1) is 4.91 Å². The largest absolute Gasteiger partial charge is 0.445 e. The fourth-order valence-electron chi connectivity index (χ4n) is 3.28. The van der Waals surface area contributed by atoms with Gasteiger partial charge in [-0.3, -0.25) is 0 Å². The Hall–Kier alpha value is -1.95. The van der Waals surface area contributed by atoms with Gasteiger partial charge in [-0.2, -0.15) is 0 Å². The summed E-state index contributed by atoms with van der Waals surface area (Å²) in [5, 5.41) is 3.77.